The van der Waals surface area contributed by atoms with Gasteiger partial charge in [-0.1, -0.05) is 23.7 Å². The summed E-state index contributed by atoms with van der Waals surface area (Å²) in [4.78, 5) is 25.0. The Morgan fingerprint density at radius 3 is 2.43 bits per heavy atom. The van der Waals surface area contributed by atoms with E-state index in [-0.39, 0.29) is 12.1 Å². The lowest BCUT2D eigenvalue weighted by Crippen LogP contribution is -2.50. The summed E-state index contributed by atoms with van der Waals surface area (Å²) in [5, 5.41) is 8.72. The van der Waals surface area contributed by atoms with Crippen molar-refractivity contribution >= 4 is 23.5 Å². The van der Waals surface area contributed by atoms with E-state index in [2.05, 4.69) is 16.0 Å². The van der Waals surface area contributed by atoms with Gasteiger partial charge in [-0.2, -0.15) is 0 Å². The molecule has 4 rings (SSSR count). The molecule has 30 heavy (non-hydrogen) atoms. The number of aryl methyl sites for hydroxylation is 2. The Bertz CT molecular complexity index is 1020. The van der Waals surface area contributed by atoms with Crippen LogP contribution in [0.3, 0.4) is 0 Å². The number of urea groups is 1. The summed E-state index contributed by atoms with van der Waals surface area (Å²) in [5.74, 6) is -2.77. The van der Waals surface area contributed by atoms with Crippen molar-refractivity contribution in [2.75, 3.05) is 6.54 Å². The first-order chi connectivity index (χ1) is 14.2. The summed E-state index contributed by atoms with van der Waals surface area (Å²) in [6.07, 6.45) is 1.47. The molecule has 8 heteroatoms. The van der Waals surface area contributed by atoms with E-state index in [1.54, 1.807) is 6.92 Å². The second kappa shape index (κ2) is 7.54. The van der Waals surface area contributed by atoms with Crippen molar-refractivity contribution in [2.45, 2.75) is 44.2 Å². The summed E-state index contributed by atoms with van der Waals surface area (Å²) in [5.41, 5.74) is 1.52. The van der Waals surface area contributed by atoms with Crippen LogP contribution < -0.4 is 16.0 Å². The molecule has 0 radical (unpaired) electrons. The summed E-state index contributed by atoms with van der Waals surface area (Å²) >= 11 is 6.22. The van der Waals surface area contributed by atoms with Crippen LogP contribution in [0.2, 0.25) is 5.02 Å². The zero-order chi connectivity index (χ0) is 21.6. The van der Waals surface area contributed by atoms with Gasteiger partial charge in [-0.25, -0.2) is 13.6 Å². The zero-order valence-electron chi connectivity index (χ0n) is 16.6. The number of nitrogens with one attached hydrogen (secondary N) is 3. The van der Waals surface area contributed by atoms with Gasteiger partial charge in [0.05, 0.1) is 5.54 Å². The average molecular weight is 434 g/mol. The molecule has 1 saturated heterocycles. The first-order valence-corrected chi connectivity index (χ1v) is 10.2. The molecule has 2 atom stereocenters. The van der Waals surface area contributed by atoms with Gasteiger partial charge in [-0.05, 0) is 61.6 Å². The molecule has 1 aliphatic heterocycles. The number of carbonyl (C=O) groups is 2. The highest BCUT2D eigenvalue weighted by Crippen LogP contribution is 2.46. The highest BCUT2D eigenvalue weighted by atomic mass is 35.5. The molecule has 158 valence electrons. The van der Waals surface area contributed by atoms with Gasteiger partial charge in [0.2, 0.25) is 5.91 Å². The molecule has 1 heterocycles. The van der Waals surface area contributed by atoms with Gasteiger partial charge < -0.3 is 16.0 Å². The molecule has 0 spiro atoms. The molecular formula is C22H22ClF2N3O2. The van der Waals surface area contributed by atoms with Crippen molar-refractivity contribution in [1.29, 1.82) is 0 Å². The maximum absolute atomic E-state index is 14.5. The van der Waals surface area contributed by atoms with Crippen molar-refractivity contribution in [3.8, 4) is 0 Å². The number of amides is 3. The number of hydrogen-bond acceptors (Lipinski definition) is 2. The summed E-state index contributed by atoms with van der Waals surface area (Å²) in [6.45, 7) is 3.52. The van der Waals surface area contributed by atoms with Crippen molar-refractivity contribution < 1.29 is 18.4 Å². The van der Waals surface area contributed by atoms with Crippen LogP contribution in [0.4, 0.5) is 13.6 Å². The molecule has 3 N–H and O–H groups in total. The molecule has 2 aromatic rings. The molecule has 3 amide bonds. The van der Waals surface area contributed by atoms with Crippen LogP contribution in [0.15, 0.2) is 30.3 Å². The number of benzene rings is 2. The van der Waals surface area contributed by atoms with Crippen LogP contribution in [-0.4, -0.2) is 24.5 Å². The van der Waals surface area contributed by atoms with E-state index in [9.17, 15) is 18.4 Å². The van der Waals surface area contributed by atoms with Crippen LogP contribution in [0.25, 0.3) is 0 Å². The zero-order valence-corrected chi connectivity index (χ0v) is 17.4. The van der Waals surface area contributed by atoms with E-state index >= 15 is 0 Å². The van der Waals surface area contributed by atoms with E-state index in [0.717, 1.165) is 24.0 Å². The molecule has 1 saturated carbocycles. The van der Waals surface area contributed by atoms with Gasteiger partial charge in [-0.15, -0.1) is 0 Å². The number of hydrogen-bond donors (Lipinski definition) is 3. The van der Waals surface area contributed by atoms with Crippen molar-refractivity contribution in [3.63, 3.8) is 0 Å². The van der Waals surface area contributed by atoms with E-state index < -0.39 is 41.1 Å². The Labute approximate surface area is 178 Å². The topological polar surface area (TPSA) is 70.2 Å². The lowest BCUT2D eigenvalue weighted by Gasteiger charge is -2.23. The maximum Gasteiger partial charge on any atom is 0.316 e. The number of halogens is 3. The lowest BCUT2D eigenvalue weighted by molar-refractivity contribution is -0.120. The van der Waals surface area contributed by atoms with Crippen molar-refractivity contribution in [1.82, 2.24) is 16.0 Å². The normalized spacial score (nSPS) is 21.8. The third-order valence-electron chi connectivity index (χ3n) is 5.89. The van der Waals surface area contributed by atoms with Crippen LogP contribution in [0.1, 0.15) is 41.0 Å². The largest absolute Gasteiger partial charge is 0.354 e. The third kappa shape index (κ3) is 3.74. The molecule has 0 aromatic heterocycles. The van der Waals surface area contributed by atoms with Crippen LogP contribution in [-0.2, 0) is 10.3 Å². The molecule has 2 aliphatic rings. The molecule has 2 aromatic carbocycles. The molecule has 0 bridgehead atoms. The molecule has 0 unspecified atom stereocenters. The second-order valence-electron chi connectivity index (χ2n) is 8.12. The quantitative estimate of drug-likeness (QED) is 0.686. The molecule has 5 nitrogen and oxygen atoms in total. The predicted molar refractivity (Wildman–Crippen MR) is 109 cm³/mol. The molecule has 2 fully saturated rings. The predicted octanol–water partition coefficient (Wildman–Crippen LogP) is 3.81. The SMILES string of the molecule is Cc1cc(F)c([C@@H]2CNC(=O)[C@H]2NC(=O)NC2(c3ccc(C)c(Cl)c3)CC2)c(F)c1. The van der Waals surface area contributed by atoms with E-state index in [4.69, 9.17) is 11.6 Å². The lowest BCUT2D eigenvalue weighted by atomic mass is 9.92. The fourth-order valence-electron chi connectivity index (χ4n) is 4.02. The van der Waals surface area contributed by atoms with E-state index in [1.807, 2.05) is 25.1 Å². The average Bonchev–Trinajstić information content (AvgIpc) is 3.36. The Morgan fingerprint density at radius 2 is 1.83 bits per heavy atom. The standard InChI is InChI=1S/C22H22ClF2N3O2/c1-11-7-16(24)18(17(25)8-11)14-10-26-20(29)19(14)27-21(30)28-22(5-6-22)13-4-3-12(2)15(23)9-13/h3-4,7-9,14,19H,5-6,10H2,1-2H3,(H,26,29)(H2,27,28,30)/t14-,19-/m0/s1. The Morgan fingerprint density at radius 1 is 1.17 bits per heavy atom. The van der Waals surface area contributed by atoms with Gasteiger partial charge in [0.1, 0.15) is 17.7 Å². The number of carbonyl (C=O) groups excluding carboxylic acids is 2. The highest BCUT2D eigenvalue weighted by Gasteiger charge is 2.47. The van der Waals surface area contributed by atoms with Gasteiger partial charge >= 0.3 is 6.03 Å². The minimum absolute atomic E-state index is 0.0411. The van der Waals surface area contributed by atoms with Gasteiger partial charge in [0.15, 0.2) is 0 Å². The molecular weight excluding hydrogens is 412 g/mol. The van der Waals surface area contributed by atoms with E-state index in [1.165, 1.54) is 12.1 Å². The van der Waals surface area contributed by atoms with E-state index in [0.29, 0.717) is 10.6 Å². The first kappa shape index (κ1) is 20.6. The maximum atomic E-state index is 14.5. The fraction of sp³-hybridized carbons (Fsp3) is 0.364. The second-order valence-corrected chi connectivity index (χ2v) is 8.52. The van der Waals surface area contributed by atoms with Crippen LogP contribution in [0, 0.1) is 25.5 Å². The summed E-state index contributed by atoms with van der Waals surface area (Å²) in [7, 11) is 0. The Hall–Kier alpha value is -2.67. The smallest absolute Gasteiger partial charge is 0.316 e. The van der Waals surface area contributed by atoms with Gasteiger partial charge in [-0.3, -0.25) is 4.79 Å². The van der Waals surface area contributed by atoms with Gasteiger partial charge in [0.25, 0.3) is 0 Å². The Balaban J connectivity index is 1.52. The third-order valence-corrected chi connectivity index (χ3v) is 6.30. The van der Waals surface area contributed by atoms with Crippen LogP contribution >= 0.6 is 11.6 Å². The minimum Gasteiger partial charge on any atom is -0.354 e. The summed E-state index contributed by atoms with van der Waals surface area (Å²) < 4.78 is 28.9. The molecule has 1 aliphatic carbocycles. The van der Waals surface area contributed by atoms with Crippen LogP contribution in [0.5, 0.6) is 0 Å². The minimum atomic E-state index is -1.07. The fourth-order valence-corrected chi connectivity index (χ4v) is 4.20. The summed E-state index contributed by atoms with van der Waals surface area (Å²) in [6, 6.07) is 6.43. The Kier molecular flexibility index (Phi) is 5.18. The van der Waals surface area contributed by atoms with Crippen molar-refractivity contribution in [3.05, 3.63) is 69.2 Å². The van der Waals surface area contributed by atoms with Gasteiger partial charge in [0, 0.05) is 23.0 Å². The monoisotopic (exact) mass is 433 g/mol. The number of rotatable bonds is 4. The highest BCUT2D eigenvalue weighted by molar-refractivity contribution is 6.31. The first-order valence-electron chi connectivity index (χ1n) is 9.79. The van der Waals surface area contributed by atoms with Crippen molar-refractivity contribution in [2.24, 2.45) is 0 Å².